The molecule has 0 aliphatic carbocycles. The number of furan rings is 1. The van der Waals surface area contributed by atoms with Crippen LogP contribution in [0, 0.1) is 6.92 Å². The summed E-state index contributed by atoms with van der Waals surface area (Å²) in [6, 6.07) is 2.93. The van der Waals surface area contributed by atoms with Crippen LogP contribution in [0.2, 0.25) is 0 Å². The van der Waals surface area contributed by atoms with E-state index in [9.17, 15) is 0 Å². The maximum absolute atomic E-state index is 5.87. The Balaban J connectivity index is 1.96. The molecule has 2 heterocycles. The molecule has 1 unspecified atom stereocenters. The van der Waals surface area contributed by atoms with Crippen LogP contribution < -0.4 is 5.32 Å². The normalized spacial score (nSPS) is 21.2. The lowest BCUT2D eigenvalue weighted by Crippen LogP contribution is -2.34. The van der Waals surface area contributed by atoms with Crippen molar-refractivity contribution >= 4 is 0 Å². The van der Waals surface area contributed by atoms with Gasteiger partial charge >= 0.3 is 0 Å². The zero-order valence-electron chi connectivity index (χ0n) is 13.0. The first-order valence-corrected chi connectivity index (χ1v) is 7.42. The van der Waals surface area contributed by atoms with Gasteiger partial charge in [-0.1, -0.05) is 0 Å². The van der Waals surface area contributed by atoms with Crippen LogP contribution >= 0.6 is 0 Å². The van der Waals surface area contributed by atoms with Crippen LogP contribution in [0.5, 0.6) is 0 Å². The van der Waals surface area contributed by atoms with E-state index in [1.165, 1.54) is 24.9 Å². The molecule has 19 heavy (non-hydrogen) atoms. The second-order valence-electron chi connectivity index (χ2n) is 6.86. The van der Waals surface area contributed by atoms with Gasteiger partial charge in [0.1, 0.15) is 11.5 Å². The molecule has 1 saturated heterocycles. The Morgan fingerprint density at radius 1 is 1.42 bits per heavy atom. The summed E-state index contributed by atoms with van der Waals surface area (Å²) in [6.45, 7) is 14.0. The molecule has 0 spiro atoms. The van der Waals surface area contributed by atoms with Gasteiger partial charge in [0.05, 0.1) is 6.54 Å². The molecule has 1 aliphatic heterocycles. The molecule has 2 rings (SSSR count). The lowest BCUT2D eigenvalue weighted by atomic mass is 10.1. The first-order valence-electron chi connectivity index (χ1n) is 7.42. The lowest BCUT2D eigenvalue weighted by Gasteiger charge is -2.20. The molecule has 0 saturated carbocycles. The van der Waals surface area contributed by atoms with Crippen LogP contribution in [0.15, 0.2) is 10.5 Å². The van der Waals surface area contributed by atoms with Gasteiger partial charge in [-0.3, -0.25) is 4.90 Å². The molecule has 1 atom stereocenters. The molecule has 1 aliphatic rings. The van der Waals surface area contributed by atoms with E-state index in [0.29, 0.717) is 6.04 Å². The molecule has 3 nitrogen and oxygen atoms in total. The number of nitrogens with one attached hydrogen (secondary N) is 1. The largest absolute Gasteiger partial charge is 0.465 e. The molecular weight excluding hydrogens is 236 g/mol. The monoisotopic (exact) mass is 264 g/mol. The van der Waals surface area contributed by atoms with Gasteiger partial charge in [-0.15, -0.1) is 0 Å². The summed E-state index contributed by atoms with van der Waals surface area (Å²) in [4.78, 5) is 2.55. The molecular formula is C16H28N2O. The van der Waals surface area contributed by atoms with E-state index in [4.69, 9.17) is 4.42 Å². The summed E-state index contributed by atoms with van der Waals surface area (Å²) in [7, 11) is 0. The zero-order valence-corrected chi connectivity index (χ0v) is 13.0. The Hall–Kier alpha value is -0.800. The number of rotatable bonds is 4. The minimum Gasteiger partial charge on any atom is -0.465 e. The van der Waals surface area contributed by atoms with Crippen LogP contribution in [-0.2, 0) is 13.1 Å². The van der Waals surface area contributed by atoms with Crippen molar-refractivity contribution in [3.05, 3.63) is 23.2 Å². The Bertz CT molecular complexity index is 417. The summed E-state index contributed by atoms with van der Waals surface area (Å²) in [5.74, 6) is 2.12. The van der Waals surface area contributed by atoms with Crippen molar-refractivity contribution in [2.24, 2.45) is 0 Å². The van der Waals surface area contributed by atoms with Crippen LogP contribution in [0.25, 0.3) is 0 Å². The lowest BCUT2D eigenvalue weighted by molar-refractivity contribution is 0.258. The number of likely N-dealkylation sites (tertiary alicyclic amines) is 1. The van der Waals surface area contributed by atoms with Gasteiger partial charge in [0.15, 0.2) is 0 Å². The summed E-state index contributed by atoms with van der Waals surface area (Å²) >= 11 is 0. The molecule has 108 valence electrons. The Morgan fingerprint density at radius 2 is 2.16 bits per heavy atom. The van der Waals surface area contributed by atoms with E-state index in [2.05, 4.69) is 50.9 Å². The average molecular weight is 264 g/mol. The van der Waals surface area contributed by atoms with Crippen LogP contribution in [0.4, 0.5) is 0 Å². The van der Waals surface area contributed by atoms with Gasteiger partial charge in [0, 0.05) is 23.7 Å². The highest BCUT2D eigenvalue weighted by molar-refractivity contribution is 5.21. The molecule has 0 bridgehead atoms. The molecule has 1 N–H and O–H groups in total. The molecule has 0 aromatic carbocycles. The quantitative estimate of drug-likeness (QED) is 0.902. The number of nitrogens with zero attached hydrogens (tertiary/aromatic N) is 1. The van der Waals surface area contributed by atoms with Crippen LogP contribution in [-0.4, -0.2) is 23.0 Å². The third-order valence-electron chi connectivity index (χ3n) is 3.93. The summed E-state index contributed by atoms with van der Waals surface area (Å²) < 4.78 is 5.87. The molecule has 0 radical (unpaired) electrons. The van der Waals surface area contributed by atoms with Gasteiger partial charge < -0.3 is 9.73 Å². The molecule has 1 aromatic heterocycles. The number of aryl methyl sites for hydroxylation is 1. The van der Waals surface area contributed by atoms with Gasteiger partial charge in [0.25, 0.3) is 0 Å². The smallest absolute Gasteiger partial charge is 0.118 e. The second kappa shape index (κ2) is 5.68. The highest BCUT2D eigenvalue weighted by atomic mass is 16.3. The minimum atomic E-state index is 0.129. The Kier molecular flexibility index (Phi) is 4.36. The fraction of sp³-hybridized carbons (Fsp3) is 0.750. The number of hydrogen-bond donors (Lipinski definition) is 1. The Labute approximate surface area is 117 Å². The van der Waals surface area contributed by atoms with E-state index in [1.807, 2.05) is 0 Å². The summed E-state index contributed by atoms with van der Waals surface area (Å²) in [5.41, 5.74) is 1.48. The molecule has 3 heteroatoms. The molecule has 1 fully saturated rings. The first-order chi connectivity index (χ1) is 8.85. The highest BCUT2D eigenvalue weighted by Crippen LogP contribution is 2.23. The highest BCUT2D eigenvalue weighted by Gasteiger charge is 2.22. The predicted molar refractivity (Wildman–Crippen MR) is 79.1 cm³/mol. The van der Waals surface area contributed by atoms with Crippen LogP contribution in [0.3, 0.4) is 0 Å². The standard InChI is InChI=1S/C16H28N2O/c1-12-7-6-8-18(12)11-14-9-15(19-13(14)2)10-17-16(3,4)5/h9,12,17H,6-8,10-11H2,1-5H3. The van der Waals surface area contributed by atoms with Gasteiger partial charge in [-0.2, -0.15) is 0 Å². The van der Waals surface area contributed by atoms with E-state index in [-0.39, 0.29) is 5.54 Å². The average Bonchev–Trinajstić information content (AvgIpc) is 2.84. The van der Waals surface area contributed by atoms with Gasteiger partial charge in [-0.25, -0.2) is 0 Å². The van der Waals surface area contributed by atoms with E-state index < -0.39 is 0 Å². The van der Waals surface area contributed by atoms with E-state index in [0.717, 1.165) is 24.6 Å². The van der Waals surface area contributed by atoms with Crippen molar-refractivity contribution < 1.29 is 4.42 Å². The third kappa shape index (κ3) is 4.08. The topological polar surface area (TPSA) is 28.4 Å². The summed E-state index contributed by atoms with van der Waals surface area (Å²) in [5, 5.41) is 3.47. The van der Waals surface area contributed by atoms with Gasteiger partial charge in [0.2, 0.25) is 0 Å². The molecule has 1 aromatic rings. The third-order valence-corrected chi connectivity index (χ3v) is 3.93. The maximum atomic E-state index is 5.87. The fourth-order valence-electron chi connectivity index (χ4n) is 2.63. The van der Waals surface area contributed by atoms with Crippen molar-refractivity contribution in [3.63, 3.8) is 0 Å². The minimum absolute atomic E-state index is 0.129. The van der Waals surface area contributed by atoms with Crippen molar-refractivity contribution in [2.75, 3.05) is 6.54 Å². The SMILES string of the molecule is Cc1oc(CNC(C)(C)C)cc1CN1CCCC1C. The van der Waals surface area contributed by atoms with E-state index >= 15 is 0 Å². The number of hydrogen-bond acceptors (Lipinski definition) is 3. The van der Waals surface area contributed by atoms with Crippen molar-refractivity contribution in [2.45, 2.75) is 72.1 Å². The second-order valence-corrected chi connectivity index (χ2v) is 6.86. The zero-order chi connectivity index (χ0) is 14.0. The maximum Gasteiger partial charge on any atom is 0.118 e. The fourth-order valence-corrected chi connectivity index (χ4v) is 2.63. The van der Waals surface area contributed by atoms with Crippen molar-refractivity contribution in [3.8, 4) is 0 Å². The van der Waals surface area contributed by atoms with E-state index in [1.54, 1.807) is 0 Å². The van der Waals surface area contributed by atoms with Crippen LogP contribution in [0.1, 0.15) is 57.6 Å². The van der Waals surface area contributed by atoms with Gasteiger partial charge in [-0.05, 0) is 60.1 Å². The first kappa shape index (κ1) is 14.6. The van der Waals surface area contributed by atoms with Crippen molar-refractivity contribution in [1.82, 2.24) is 10.2 Å². The molecule has 0 amide bonds. The summed E-state index contributed by atoms with van der Waals surface area (Å²) in [6.07, 6.45) is 2.66. The predicted octanol–water partition coefficient (Wildman–Crippen LogP) is 3.46. The Morgan fingerprint density at radius 3 is 2.74 bits per heavy atom. The van der Waals surface area contributed by atoms with Crippen molar-refractivity contribution in [1.29, 1.82) is 0 Å².